The molecule has 0 spiro atoms. The first-order valence-corrected chi connectivity index (χ1v) is 6.74. The van der Waals surface area contributed by atoms with Gasteiger partial charge in [0.1, 0.15) is 6.04 Å². The van der Waals surface area contributed by atoms with Crippen molar-refractivity contribution < 1.29 is 8.78 Å². The highest BCUT2D eigenvalue weighted by molar-refractivity contribution is 5.30. The fraction of sp³-hybridized carbons (Fsp3) is 0.533. The van der Waals surface area contributed by atoms with Gasteiger partial charge in [0.15, 0.2) is 0 Å². The number of benzene rings is 1. The van der Waals surface area contributed by atoms with Crippen LogP contribution >= 0.6 is 0 Å². The van der Waals surface area contributed by atoms with Crippen LogP contribution in [-0.4, -0.2) is 6.04 Å². The first kappa shape index (κ1) is 14.0. The summed E-state index contributed by atoms with van der Waals surface area (Å²) in [4.78, 5) is 0. The van der Waals surface area contributed by atoms with Crippen LogP contribution in [0.5, 0.6) is 0 Å². The highest BCUT2D eigenvalue weighted by atomic mass is 19.3. The first-order chi connectivity index (χ1) is 9.20. The highest BCUT2D eigenvalue weighted by Crippen LogP contribution is 2.24. The van der Waals surface area contributed by atoms with Crippen LogP contribution in [0.2, 0.25) is 0 Å². The average Bonchev–Trinajstić information content (AvgIpc) is 2.46. The summed E-state index contributed by atoms with van der Waals surface area (Å²) in [7, 11) is 0. The summed E-state index contributed by atoms with van der Waals surface area (Å²) in [6.07, 6.45) is 3.23. The van der Waals surface area contributed by atoms with Crippen LogP contribution in [-0.2, 0) is 0 Å². The van der Waals surface area contributed by atoms with Crippen molar-refractivity contribution in [1.29, 1.82) is 5.26 Å². The molecule has 102 valence electrons. The molecule has 0 aromatic heterocycles. The van der Waals surface area contributed by atoms with Crippen molar-refractivity contribution in [2.45, 2.75) is 50.6 Å². The summed E-state index contributed by atoms with van der Waals surface area (Å²) < 4.78 is 25.3. The van der Waals surface area contributed by atoms with Crippen molar-refractivity contribution >= 4 is 0 Å². The molecule has 1 atom stereocenters. The number of nitrogens with zero attached hydrogens (tertiary/aromatic N) is 1. The van der Waals surface area contributed by atoms with Gasteiger partial charge in [-0.3, -0.25) is 5.32 Å². The van der Waals surface area contributed by atoms with E-state index in [0.29, 0.717) is 11.6 Å². The van der Waals surface area contributed by atoms with E-state index in [9.17, 15) is 14.0 Å². The van der Waals surface area contributed by atoms with E-state index in [1.54, 1.807) is 12.1 Å². The molecular weight excluding hydrogens is 246 g/mol. The average molecular weight is 264 g/mol. The summed E-state index contributed by atoms with van der Waals surface area (Å²) >= 11 is 0. The lowest BCUT2D eigenvalue weighted by Gasteiger charge is -2.25. The fourth-order valence-corrected chi connectivity index (χ4v) is 2.59. The van der Waals surface area contributed by atoms with Crippen molar-refractivity contribution in [3.8, 4) is 6.07 Å². The van der Waals surface area contributed by atoms with Crippen LogP contribution < -0.4 is 5.32 Å². The first-order valence-electron chi connectivity index (χ1n) is 6.74. The van der Waals surface area contributed by atoms with E-state index in [4.69, 9.17) is 0 Å². The second kappa shape index (κ2) is 6.63. The zero-order chi connectivity index (χ0) is 13.7. The molecule has 1 aromatic carbocycles. The lowest BCUT2D eigenvalue weighted by molar-refractivity contribution is 0.151. The van der Waals surface area contributed by atoms with E-state index in [2.05, 4.69) is 11.4 Å². The Morgan fingerprint density at radius 3 is 2.47 bits per heavy atom. The van der Waals surface area contributed by atoms with Gasteiger partial charge in [0.05, 0.1) is 6.07 Å². The number of hydrogen-bond donors (Lipinski definition) is 1. The van der Waals surface area contributed by atoms with E-state index in [1.165, 1.54) is 31.4 Å². The predicted molar refractivity (Wildman–Crippen MR) is 69.8 cm³/mol. The fourth-order valence-electron chi connectivity index (χ4n) is 2.59. The SMILES string of the molecule is N#CC(NC1CCCCC1)c1cccc(C(F)F)c1. The molecule has 4 heteroatoms. The van der Waals surface area contributed by atoms with Gasteiger partial charge in [-0.15, -0.1) is 0 Å². The van der Waals surface area contributed by atoms with Crippen molar-refractivity contribution in [3.05, 3.63) is 35.4 Å². The standard InChI is InChI=1S/C15H18F2N2/c16-15(17)12-6-4-5-11(9-12)14(10-18)19-13-7-2-1-3-8-13/h4-6,9,13-15,19H,1-3,7-8H2. The van der Waals surface area contributed by atoms with Crippen LogP contribution in [0.4, 0.5) is 8.78 Å². The van der Waals surface area contributed by atoms with Crippen molar-refractivity contribution in [1.82, 2.24) is 5.32 Å². The number of halogens is 2. The summed E-state index contributed by atoms with van der Waals surface area (Å²) in [6, 6.07) is 8.14. The molecule has 1 aliphatic rings. The van der Waals surface area contributed by atoms with Crippen LogP contribution in [0.3, 0.4) is 0 Å². The molecule has 0 heterocycles. The third-order valence-corrected chi connectivity index (χ3v) is 3.63. The molecule has 0 bridgehead atoms. The third-order valence-electron chi connectivity index (χ3n) is 3.63. The summed E-state index contributed by atoms with van der Waals surface area (Å²) in [6.45, 7) is 0. The molecule has 19 heavy (non-hydrogen) atoms. The normalized spacial score (nSPS) is 18.2. The van der Waals surface area contributed by atoms with Crippen molar-refractivity contribution in [3.63, 3.8) is 0 Å². The zero-order valence-corrected chi connectivity index (χ0v) is 10.8. The Balaban J connectivity index is 2.08. The second-order valence-electron chi connectivity index (χ2n) is 5.03. The Bertz CT molecular complexity index is 448. The Morgan fingerprint density at radius 2 is 1.84 bits per heavy atom. The van der Waals surface area contributed by atoms with E-state index >= 15 is 0 Å². The van der Waals surface area contributed by atoms with Crippen LogP contribution in [0.15, 0.2) is 24.3 Å². The van der Waals surface area contributed by atoms with Gasteiger partial charge >= 0.3 is 0 Å². The van der Waals surface area contributed by atoms with Crippen LogP contribution in [0.1, 0.15) is 55.7 Å². The molecule has 1 fully saturated rings. The second-order valence-corrected chi connectivity index (χ2v) is 5.03. The zero-order valence-electron chi connectivity index (χ0n) is 10.8. The number of alkyl halides is 2. The number of nitriles is 1. The summed E-state index contributed by atoms with van der Waals surface area (Å²) in [5, 5.41) is 12.5. The minimum Gasteiger partial charge on any atom is -0.295 e. The topological polar surface area (TPSA) is 35.8 Å². The van der Waals surface area contributed by atoms with Gasteiger partial charge in [0.2, 0.25) is 0 Å². The number of rotatable bonds is 4. The molecular formula is C15H18F2N2. The molecule has 1 saturated carbocycles. The largest absolute Gasteiger partial charge is 0.295 e. The molecule has 0 aliphatic heterocycles. The third kappa shape index (κ3) is 3.74. The quantitative estimate of drug-likeness (QED) is 0.888. The minimum atomic E-state index is -2.49. The van der Waals surface area contributed by atoms with E-state index in [1.807, 2.05) is 0 Å². The predicted octanol–water partition coefficient (Wildman–Crippen LogP) is 4.11. The maximum Gasteiger partial charge on any atom is 0.263 e. The van der Waals surface area contributed by atoms with Crippen molar-refractivity contribution in [2.24, 2.45) is 0 Å². The number of nitrogens with one attached hydrogen (secondary N) is 1. The van der Waals surface area contributed by atoms with Gasteiger partial charge in [-0.25, -0.2) is 8.78 Å². The Kier molecular flexibility index (Phi) is 4.86. The highest BCUT2D eigenvalue weighted by Gasteiger charge is 2.19. The van der Waals surface area contributed by atoms with Gasteiger partial charge in [-0.2, -0.15) is 5.26 Å². The molecule has 1 N–H and O–H groups in total. The molecule has 2 rings (SSSR count). The summed E-state index contributed by atoms with van der Waals surface area (Å²) in [5.41, 5.74) is 0.606. The van der Waals surface area contributed by atoms with Gasteiger partial charge in [-0.05, 0) is 24.5 Å². The van der Waals surface area contributed by atoms with Crippen LogP contribution in [0.25, 0.3) is 0 Å². The molecule has 2 nitrogen and oxygen atoms in total. The lowest BCUT2D eigenvalue weighted by atomic mass is 9.94. The maximum absolute atomic E-state index is 12.7. The minimum absolute atomic E-state index is 0.0248. The molecule has 1 unspecified atom stereocenters. The summed E-state index contributed by atoms with van der Waals surface area (Å²) in [5.74, 6) is 0. The molecule has 1 aliphatic carbocycles. The van der Waals surface area contributed by atoms with Gasteiger partial charge < -0.3 is 0 Å². The van der Waals surface area contributed by atoms with Gasteiger partial charge in [-0.1, -0.05) is 37.5 Å². The van der Waals surface area contributed by atoms with Gasteiger partial charge in [0, 0.05) is 11.6 Å². The van der Waals surface area contributed by atoms with E-state index < -0.39 is 12.5 Å². The molecule has 1 aromatic rings. The molecule has 0 saturated heterocycles. The number of hydrogen-bond acceptors (Lipinski definition) is 2. The van der Waals surface area contributed by atoms with Crippen LogP contribution in [0, 0.1) is 11.3 Å². The Hall–Kier alpha value is -1.47. The molecule has 0 amide bonds. The van der Waals surface area contributed by atoms with E-state index in [-0.39, 0.29) is 5.56 Å². The lowest BCUT2D eigenvalue weighted by Crippen LogP contribution is -2.33. The van der Waals surface area contributed by atoms with E-state index in [0.717, 1.165) is 12.8 Å². The van der Waals surface area contributed by atoms with Gasteiger partial charge in [0.25, 0.3) is 6.43 Å². The van der Waals surface area contributed by atoms with Crippen molar-refractivity contribution in [2.75, 3.05) is 0 Å². The maximum atomic E-state index is 12.7. The molecule has 0 radical (unpaired) electrons. The Morgan fingerprint density at radius 1 is 1.16 bits per heavy atom. The monoisotopic (exact) mass is 264 g/mol. The Labute approximate surface area is 112 Å². The smallest absolute Gasteiger partial charge is 0.263 e.